The minimum Gasteiger partial charge on any atom is -0.491 e. The molecule has 3 aliphatic heterocycles. The topological polar surface area (TPSA) is 126 Å². The van der Waals surface area contributed by atoms with E-state index in [0.717, 1.165) is 56.7 Å². The summed E-state index contributed by atoms with van der Waals surface area (Å²) in [5.74, 6) is -4.75. The molecule has 0 unspecified atom stereocenters. The molecule has 1 aliphatic carbocycles. The van der Waals surface area contributed by atoms with Gasteiger partial charge in [0.2, 0.25) is 0 Å². The number of carbonyl (C=O) groups is 1. The Morgan fingerprint density at radius 2 is 1.55 bits per heavy atom. The molecule has 3 saturated heterocycles. The summed E-state index contributed by atoms with van der Waals surface area (Å²) in [7, 11) is -11.1. The van der Waals surface area contributed by atoms with Crippen molar-refractivity contribution in [3.63, 3.8) is 0 Å². The average molecular weight is 901 g/mol. The van der Waals surface area contributed by atoms with Gasteiger partial charge < -0.3 is 14.4 Å². The number of carbonyl (C=O) groups excluding carboxylic acids is 1. The van der Waals surface area contributed by atoms with Crippen LogP contribution in [0.2, 0.25) is 5.02 Å². The number of nitrogens with zero attached hydrogens (tertiary/aromatic N) is 3. The Morgan fingerprint density at radius 3 is 2.13 bits per heavy atom. The van der Waals surface area contributed by atoms with Gasteiger partial charge in [0.15, 0.2) is 0 Å². The van der Waals surface area contributed by atoms with Gasteiger partial charge >= 0.3 is 5.51 Å². The normalized spacial score (nSPS) is 20.9. The van der Waals surface area contributed by atoms with Crippen molar-refractivity contribution in [2.24, 2.45) is 10.8 Å². The van der Waals surface area contributed by atoms with Gasteiger partial charge in [-0.2, -0.15) is 13.2 Å². The van der Waals surface area contributed by atoms with E-state index in [1.165, 1.54) is 33.7 Å². The molecule has 0 radical (unpaired) electrons. The largest absolute Gasteiger partial charge is 0.502 e. The molecular weight excluding hydrogens is 855 g/mol. The van der Waals surface area contributed by atoms with E-state index in [9.17, 15) is 43.6 Å². The van der Waals surface area contributed by atoms with E-state index >= 15 is 0 Å². The summed E-state index contributed by atoms with van der Waals surface area (Å²) in [4.78, 5) is 16.7. The number of piperazine rings is 1. The van der Waals surface area contributed by atoms with Gasteiger partial charge in [-0.25, -0.2) is 30.3 Å². The summed E-state index contributed by atoms with van der Waals surface area (Å²) >= 11 is 6.16. The molecule has 11 nitrogen and oxygen atoms in total. The van der Waals surface area contributed by atoms with Crippen LogP contribution in [-0.4, -0.2) is 116 Å². The third kappa shape index (κ3) is 9.78. The molecule has 326 valence electrons. The lowest BCUT2D eigenvalue weighted by molar-refractivity contribution is -0.188. The van der Waals surface area contributed by atoms with E-state index in [1.807, 2.05) is 16.9 Å². The Bertz CT molecular complexity index is 2340. The number of hydrogen-bond donors (Lipinski definition) is 1. The van der Waals surface area contributed by atoms with Crippen molar-refractivity contribution < 1.29 is 53.1 Å². The van der Waals surface area contributed by atoms with Crippen LogP contribution in [-0.2, 0) is 24.6 Å². The zero-order valence-electron chi connectivity index (χ0n) is 33.0. The number of anilines is 1. The number of rotatable bonds is 13. The van der Waals surface area contributed by atoms with Gasteiger partial charge in [0.05, 0.1) is 43.2 Å². The third-order valence-corrected chi connectivity index (χ3v) is 14.6. The number of halogens is 6. The highest BCUT2D eigenvalue weighted by molar-refractivity contribution is 7.92. The monoisotopic (exact) mass is 900 g/mol. The molecule has 19 heteroatoms. The van der Waals surface area contributed by atoms with E-state index in [-0.39, 0.29) is 36.8 Å². The molecule has 7 rings (SSSR count). The molecule has 0 atom stereocenters. The number of amides is 1. The molecule has 1 amide bonds. The lowest BCUT2D eigenvalue weighted by atomic mass is 9.73. The van der Waals surface area contributed by atoms with Gasteiger partial charge in [-0.15, -0.1) is 0 Å². The fourth-order valence-corrected chi connectivity index (χ4v) is 10.3. The maximum absolute atomic E-state index is 13.8. The first-order valence-corrected chi connectivity index (χ1v) is 22.8. The number of sulfonamides is 1. The second-order valence-electron chi connectivity index (χ2n) is 17.0. The zero-order valence-corrected chi connectivity index (χ0v) is 35.4. The second kappa shape index (κ2) is 16.5. The number of likely N-dealkylation sites (tertiary alicyclic amines) is 1. The fraction of sp³-hybridized carbons (Fsp3) is 0.488. The van der Waals surface area contributed by atoms with Gasteiger partial charge in [0.1, 0.15) is 10.6 Å². The van der Waals surface area contributed by atoms with Crippen LogP contribution in [0.5, 0.6) is 5.75 Å². The molecule has 60 heavy (non-hydrogen) atoms. The molecular formula is C41H46ClF5N4O7S2. The highest BCUT2D eigenvalue weighted by Crippen LogP contribution is 2.43. The predicted octanol–water partition coefficient (Wildman–Crippen LogP) is 6.88. The number of benzene rings is 3. The minimum atomic E-state index is -6.16. The SMILES string of the molecule is CC1(C)CCC(c2ccc(Cl)cc2)=C(CN2CCN(c3ccc(C(=O)NS(=O)(=O)c4ccc(OCC5(CN6CC(F)(F)C6)COC5)c(S(=O)(=O)C(F)(F)F)c4)cc3)CC2)C1. The molecule has 0 saturated carbocycles. The number of nitrogens with one attached hydrogen (secondary N) is 1. The number of hydrogen-bond acceptors (Lipinski definition) is 10. The van der Waals surface area contributed by atoms with E-state index in [4.69, 9.17) is 21.1 Å². The van der Waals surface area contributed by atoms with Crippen LogP contribution in [0.4, 0.5) is 27.6 Å². The van der Waals surface area contributed by atoms with E-state index in [0.29, 0.717) is 18.1 Å². The summed E-state index contributed by atoms with van der Waals surface area (Å²) in [6.07, 6.45) is 3.11. The van der Waals surface area contributed by atoms with E-state index < -0.39 is 77.9 Å². The minimum absolute atomic E-state index is 0.0248. The fourth-order valence-electron chi connectivity index (χ4n) is 8.21. The number of allylic oxidation sites excluding steroid dienone is 1. The summed E-state index contributed by atoms with van der Waals surface area (Å²) in [6.45, 7) is 7.13. The van der Waals surface area contributed by atoms with Crippen molar-refractivity contribution in [2.75, 3.05) is 77.1 Å². The van der Waals surface area contributed by atoms with Crippen LogP contribution in [0, 0.1) is 10.8 Å². The first-order chi connectivity index (χ1) is 28.0. The number of ether oxygens (including phenoxy) is 2. The Balaban J connectivity index is 0.992. The number of alkyl halides is 5. The smallest absolute Gasteiger partial charge is 0.491 e. The van der Waals surface area contributed by atoms with Crippen molar-refractivity contribution in [1.29, 1.82) is 0 Å². The molecule has 0 spiro atoms. The molecule has 3 fully saturated rings. The molecule has 0 aromatic heterocycles. The second-order valence-corrected chi connectivity index (χ2v) is 21.0. The van der Waals surface area contributed by atoms with Crippen LogP contribution < -0.4 is 14.4 Å². The number of sulfone groups is 1. The standard InChI is InChI=1S/C41H46ClF5N4O7S2/c1-38(2)14-13-34(28-3-7-31(42)8-4-28)30(20-38)21-49-15-17-51(18-16-49)32-9-5-29(6-10-32)37(52)48-60(55,56)33-11-12-35(36(19-33)59(53,54)41(45,46)47)58-27-39(25-57-26-39)22-50-23-40(43,44)24-50/h3-12,19H,13-18,20-27H2,1-2H3,(H,48,52). The van der Waals surface area contributed by atoms with Crippen LogP contribution in [0.3, 0.4) is 0 Å². The maximum atomic E-state index is 13.8. The summed E-state index contributed by atoms with van der Waals surface area (Å²) < 4.78 is 133. The lowest BCUT2D eigenvalue weighted by Crippen LogP contribution is -2.63. The molecule has 1 N–H and O–H groups in total. The van der Waals surface area contributed by atoms with Crippen molar-refractivity contribution in [3.8, 4) is 5.75 Å². The first-order valence-electron chi connectivity index (χ1n) is 19.4. The molecule has 3 aromatic carbocycles. The Labute approximate surface area is 351 Å². The Kier molecular flexibility index (Phi) is 12.1. The van der Waals surface area contributed by atoms with Crippen molar-refractivity contribution in [1.82, 2.24) is 14.5 Å². The zero-order chi connectivity index (χ0) is 43.3. The highest BCUT2D eigenvalue weighted by Gasteiger charge is 2.51. The molecule has 0 bridgehead atoms. The Hall–Kier alpha value is -3.81. The quantitative estimate of drug-likeness (QED) is 0.182. The van der Waals surface area contributed by atoms with Gasteiger partial charge in [0.25, 0.3) is 31.7 Å². The van der Waals surface area contributed by atoms with Gasteiger partial charge in [-0.1, -0.05) is 43.2 Å². The highest BCUT2D eigenvalue weighted by atomic mass is 35.5. The van der Waals surface area contributed by atoms with Gasteiger partial charge in [0, 0.05) is 55.5 Å². The van der Waals surface area contributed by atoms with Crippen LogP contribution in [0.25, 0.3) is 5.57 Å². The summed E-state index contributed by atoms with van der Waals surface area (Å²) in [5, 5.41) is 0.700. The lowest BCUT2D eigenvalue weighted by Gasteiger charge is -2.48. The van der Waals surface area contributed by atoms with E-state index in [1.54, 1.807) is 12.1 Å². The van der Waals surface area contributed by atoms with Crippen LogP contribution in [0.15, 0.2) is 82.1 Å². The average Bonchev–Trinajstić information content (AvgIpc) is 3.15. The van der Waals surface area contributed by atoms with Crippen molar-refractivity contribution >= 4 is 48.6 Å². The van der Waals surface area contributed by atoms with Gasteiger partial charge in [-0.3, -0.25) is 14.6 Å². The van der Waals surface area contributed by atoms with E-state index in [2.05, 4.69) is 35.8 Å². The maximum Gasteiger partial charge on any atom is 0.502 e. The van der Waals surface area contributed by atoms with Gasteiger partial charge in [-0.05, 0) is 90.4 Å². The third-order valence-electron chi connectivity index (χ3n) is 11.5. The first kappa shape index (κ1) is 44.3. The molecule has 4 aliphatic rings. The van der Waals surface area contributed by atoms with Crippen molar-refractivity contribution in [2.45, 2.75) is 54.3 Å². The summed E-state index contributed by atoms with van der Waals surface area (Å²) in [6, 6.07) is 16.1. The Morgan fingerprint density at radius 1 is 0.900 bits per heavy atom. The van der Waals surface area contributed by atoms with Crippen LogP contribution >= 0.6 is 11.6 Å². The predicted molar refractivity (Wildman–Crippen MR) is 216 cm³/mol. The van der Waals surface area contributed by atoms with Crippen molar-refractivity contribution in [3.05, 3.63) is 88.5 Å². The summed E-state index contributed by atoms with van der Waals surface area (Å²) in [5.41, 5.74) is -1.78. The molecule has 3 aromatic rings. The molecule has 3 heterocycles. The van der Waals surface area contributed by atoms with Crippen LogP contribution in [0.1, 0.15) is 49.0 Å².